The van der Waals surface area contributed by atoms with E-state index >= 15 is 0 Å². The monoisotopic (exact) mass is 469 g/mol. The first-order valence-electron chi connectivity index (χ1n) is 12.2. The van der Waals surface area contributed by atoms with Crippen molar-refractivity contribution < 1.29 is 14.4 Å². The Kier molecular flexibility index (Phi) is 7.30. The number of unbranched alkanes of at least 4 members (excludes halogenated alkanes) is 1. The van der Waals surface area contributed by atoms with Crippen LogP contribution in [0.4, 0.5) is 17.1 Å². The van der Waals surface area contributed by atoms with Crippen LogP contribution in [0.25, 0.3) is 0 Å². The summed E-state index contributed by atoms with van der Waals surface area (Å²) in [6.07, 6.45) is 2.45. The maximum atomic E-state index is 14.1. The van der Waals surface area contributed by atoms with E-state index in [-0.39, 0.29) is 24.1 Å². The fourth-order valence-electron chi connectivity index (χ4n) is 4.52. The number of hydrogen-bond acceptors (Lipinski definition) is 3. The summed E-state index contributed by atoms with van der Waals surface area (Å²) in [6, 6.07) is 25.8. The Morgan fingerprint density at radius 2 is 1.29 bits per heavy atom. The maximum Gasteiger partial charge on any atom is 0.262 e. The quantitative estimate of drug-likeness (QED) is 0.406. The highest BCUT2D eigenvalue weighted by Gasteiger charge is 2.59. The highest BCUT2D eigenvalue weighted by molar-refractivity contribution is 6.27. The predicted molar refractivity (Wildman–Crippen MR) is 139 cm³/mol. The molecule has 1 heterocycles. The molecule has 180 valence electrons. The molecule has 3 amide bonds. The summed E-state index contributed by atoms with van der Waals surface area (Å²) in [7, 11) is 0. The Labute approximate surface area is 206 Å². The van der Waals surface area contributed by atoms with E-state index in [9.17, 15) is 14.4 Å². The molecular formula is C29H31N3O3. The summed E-state index contributed by atoms with van der Waals surface area (Å²) in [5.41, 5.74) is 1.51. The van der Waals surface area contributed by atoms with E-state index in [2.05, 4.69) is 12.2 Å². The molecule has 6 nitrogen and oxygen atoms in total. The van der Waals surface area contributed by atoms with Gasteiger partial charge >= 0.3 is 0 Å². The first-order valence-corrected chi connectivity index (χ1v) is 12.2. The highest BCUT2D eigenvalue weighted by Crippen LogP contribution is 2.44. The molecule has 1 saturated heterocycles. The summed E-state index contributed by atoms with van der Waals surface area (Å²) in [5.74, 6) is -1.10. The van der Waals surface area contributed by atoms with Crippen molar-refractivity contribution in [1.82, 2.24) is 0 Å². The van der Waals surface area contributed by atoms with E-state index in [0.717, 1.165) is 12.8 Å². The Hall–Kier alpha value is -3.93. The van der Waals surface area contributed by atoms with Gasteiger partial charge in [-0.05, 0) is 54.8 Å². The number of nitrogens with one attached hydrogen (secondary N) is 1. The zero-order valence-corrected chi connectivity index (χ0v) is 20.2. The van der Waals surface area contributed by atoms with Gasteiger partial charge in [0.25, 0.3) is 11.8 Å². The van der Waals surface area contributed by atoms with Crippen molar-refractivity contribution in [3.63, 3.8) is 0 Å². The van der Waals surface area contributed by atoms with Gasteiger partial charge in [0.2, 0.25) is 5.91 Å². The number of rotatable bonds is 9. The van der Waals surface area contributed by atoms with Crippen LogP contribution in [-0.2, 0) is 20.8 Å². The lowest BCUT2D eigenvalue weighted by molar-refractivity contribution is -0.139. The zero-order chi connectivity index (χ0) is 24.8. The van der Waals surface area contributed by atoms with E-state index < -0.39 is 5.41 Å². The molecule has 3 aromatic rings. The zero-order valence-electron chi connectivity index (χ0n) is 20.2. The lowest BCUT2D eigenvalue weighted by Crippen LogP contribution is -2.41. The molecule has 0 aliphatic carbocycles. The highest BCUT2D eigenvalue weighted by atomic mass is 16.2. The van der Waals surface area contributed by atoms with Crippen molar-refractivity contribution in [3.05, 3.63) is 90.5 Å². The minimum atomic E-state index is -1.48. The van der Waals surface area contributed by atoms with Crippen molar-refractivity contribution in [2.75, 3.05) is 15.3 Å². The molecule has 1 aliphatic rings. The van der Waals surface area contributed by atoms with Crippen molar-refractivity contribution in [3.8, 4) is 0 Å². The SMILES string of the molecule is CCCCC1(CC(=O)Nc2ccc(CC)cc2)C(=O)N(c2ccccc2)N(c2ccccc2)C1=O. The van der Waals surface area contributed by atoms with Crippen LogP contribution in [0.1, 0.15) is 45.1 Å². The molecule has 0 atom stereocenters. The van der Waals surface area contributed by atoms with Crippen LogP contribution in [0.3, 0.4) is 0 Å². The molecule has 0 unspecified atom stereocenters. The number of hydrazine groups is 1. The van der Waals surface area contributed by atoms with E-state index in [1.165, 1.54) is 15.6 Å². The van der Waals surface area contributed by atoms with Gasteiger partial charge in [-0.15, -0.1) is 0 Å². The maximum absolute atomic E-state index is 14.1. The molecule has 0 spiro atoms. The Balaban J connectivity index is 1.71. The van der Waals surface area contributed by atoms with Gasteiger partial charge < -0.3 is 5.32 Å². The van der Waals surface area contributed by atoms with Crippen LogP contribution in [0.5, 0.6) is 0 Å². The minimum Gasteiger partial charge on any atom is -0.326 e. The number of hydrogen-bond donors (Lipinski definition) is 1. The second kappa shape index (κ2) is 10.6. The molecule has 1 fully saturated rings. The molecule has 4 rings (SSSR count). The third-order valence-corrected chi connectivity index (χ3v) is 6.47. The Bertz CT molecular complexity index is 1120. The molecule has 0 radical (unpaired) electrons. The lowest BCUT2D eigenvalue weighted by atomic mass is 9.78. The molecule has 0 aromatic heterocycles. The van der Waals surface area contributed by atoms with Gasteiger partial charge in [0.1, 0.15) is 5.41 Å². The largest absolute Gasteiger partial charge is 0.326 e. The van der Waals surface area contributed by atoms with Gasteiger partial charge in [0.05, 0.1) is 17.8 Å². The van der Waals surface area contributed by atoms with Crippen LogP contribution >= 0.6 is 0 Å². The second-order valence-electron chi connectivity index (χ2n) is 8.87. The number of amides is 3. The molecule has 0 bridgehead atoms. The first-order chi connectivity index (χ1) is 17.0. The topological polar surface area (TPSA) is 69.7 Å². The summed E-state index contributed by atoms with van der Waals surface area (Å²) in [6.45, 7) is 4.08. The fourth-order valence-corrected chi connectivity index (χ4v) is 4.52. The Morgan fingerprint density at radius 1 is 0.771 bits per heavy atom. The molecule has 3 aromatic carbocycles. The van der Waals surface area contributed by atoms with E-state index in [1.54, 1.807) is 24.3 Å². The average Bonchev–Trinajstić information content (AvgIpc) is 3.10. The number of carbonyl (C=O) groups is 3. The van der Waals surface area contributed by atoms with E-state index in [0.29, 0.717) is 29.9 Å². The predicted octanol–water partition coefficient (Wildman–Crippen LogP) is 5.75. The number of para-hydroxylation sites is 2. The van der Waals surface area contributed by atoms with Gasteiger partial charge in [-0.2, -0.15) is 0 Å². The van der Waals surface area contributed by atoms with E-state index in [4.69, 9.17) is 0 Å². The van der Waals surface area contributed by atoms with Crippen LogP contribution in [0, 0.1) is 5.41 Å². The third-order valence-electron chi connectivity index (χ3n) is 6.47. The second-order valence-corrected chi connectivity index (χ2v) is 8.87. The van der Waals surface area contributed by atoms with Gasteiger partial charge in [-0.1, -0.05) is 75.2 Å². The summed E-state index contributed by atoms with van der Waals surface area (Å²) in [5, 5.41) is 5.75. The molecule has 1 N–H and O–H groups in total. The van der Waals surface area contributed by atoms with Crippen molar-refractivity contribution in [2.45, 2.75) is 46.0 Å². The number of carbonyl (C=O) groups excluding carboxylic acids is 3. The number of anilines is 3. The molecule has 6 heteroatoms. The van der Waals surface area contributed by atoms with Crippen molar-refractivity contribution in [1.29, 1.82) is 0 Å². The van der Waals surface area contributed by atoms with Gasteiger partial charge in [-0.3, -0.25) is 14.4 Å². The van der Waals surface area contributed by atoms with Crippen LogP contribution in [-0.4, -0.2) is 17.7 Å². The number of benzene rings is 3. The summed E-state index contributed by atoms with van der Waals surface area (Å²) in [4.78, 5) is 41.4. The molecule has 0 saturated carbocycles. The normalized spacial score (nSPS) is 14.9. The summed E-state index contributed by atoms with van der Waals surface area (Å²) >= 11 is 0. The average molecular weight is 470 g/mol. The smallest absolute Gasteiger partial charge is 0.262 e. The van der Waals surface area contributed by atoms with Crippen LogP contribution in [0.15, 0.2) is 84.9 Å². The molecule has 35 heavy (non-hydrogen) atoms. The lowest BCUT2D eigenvalue weighted by Gasteiger charge is -2.27. The van der Waals surface area contributed by atoms with Gasteiger partial charge in [-0.25, -0.2) is 10.0 Å². The fraction of sp³-hybridized carbons (Fsp3) is 0.276. The molecular weight excluding hydrogens is 438 g/mol. The minimum absolute atomic E-state index is 0.215. The Morgan fingerprint density at radius 3 is 1.74 bits per heavy atom. The van der Waals surface area contributed by atoms with E-state index in [1.807, 2.05) is 67.6 Å². The summed E-state index contributed by atoms with van der Waals surface area (Å²) < 4.78 is 0. The number of aryl methyl sites for hydroxylation is 1. The molecule has 1 aliphatic heterocycles. The third kappa shape index (κ3) is 4.83. The first kappa shape index (κ1) is 24.2. The van der Waals surface area contributed by atoms with Crippen molar-refractivity contribution >= 4 is 34.8 Å². The number of nitrogens with zero attached hydrogens (tertiary/aromatic N) is 2. The van der Waals surface area contributed by atoms with Gasteiger partial charge in [0.15, 0.2) is 0 Å². The van der Waals surface area contributed by atoms with Crippen molar-refractivity contribution in [2.24, 2.45) is 5.41 Å². The standard InChI is InChI=1S/C29H31N3O3/c1-3-5-20-29(21-26(33)30-23-18-16-22(4-2)17-19-23)27(34)31(24-12-8-6-9-13-24)32(28(29)35)25-14-10-7-11-15-25/h6-19H,3-5,20-21H2,1-2H3,(H,30,33). The van der Waals surface area contributed by atoms with Crippen LogP contribution < -0.4 is 15.3 Å². The van der Waals surface area contributed by atoms with Gasteiger partial charge in [0, 0.05) is 5.69 Å². The van der Waals surface area contributed by atoms with Crippen LogP contribution in [0.2, 0.25) is 0 Å².